The van der Waals surface area contributed by atoms with Gasteiger partial charge in [-0.25, -0.2) is 9.59 Å². The Balaban J connectivity index is 2.55. The highest BCUT2D eigenvalue weighted by atomic mass is 16.6. The highest BCUT2D eigenvalue weighted by molar-refractivity contribution is 5.82. The lowest BCUT2D eigenvalue weighted by Gasteiger charge is -2.26. The number of alkyl carbamates (subject to hydrolysis) is 1. The first-order chi connectivity index (χ1) is 10.2. The first-order valence-corrected chi connectivity index (χ1v) is 7.14. The van der Waals surface area contributed by atoms with Crippen LogP contribution in [0.15, 0.2) is 30.3 Å². The highest BCUT2D eigenvalue weighted by Gasteiger charge is 2.30. The van der Waals surface area contributed by atoms with E-state index in [2.05, 4.69) is 5.32 Å². The van der Waals surface area contributed by atoms with Gasteiger partial charge >= 0.3 is 12.1 Å². The third kappa shape index (κ3) is 6.58. The van der Waals surface area contributed by atoms with Crippen LogP contribution in [0, 0.1) is 0 Å². The van der Waals surface area contributed by atoms with Crippen molar-refractivity contribution in [2.75, 3.05) is 0 Å². The van der Waals surface area contributed by atoms with E-state index < -0.39 is 29.7 Å². The number of amides is 1. The van der Waals surface area contributed by atoms with E-state index in [-0.39, 0.29) is 6.61 Å². The second-order valence-electron chi connectivity index (χ2n) is 6.08. The topological polar surface area (TPSA) is 90.6 Å². The van der Waals surface area contributed by atoms with Gasteiger partial charge in [0.1, 0.15) is 18.2 Å². The molecule has 1 rings (SSSR count). The monoisotopic (exact) mass is 308 g/mol. The van der Waals surface area contributed by atoms with Gasteiger partial charge in [-0.1, -0.05) is 30.3 Å². The number of hydrogen-bond acceptors (Lipinski definition) is 5. The van der Waals surface area contributed by atoms with Crippen molar-refractivity contribution in [2.24, 2.45) is 5.73 Å². The number of benzene rings is 1. The summed E-state index contributed by atoms with van der Waals surface area (Å²) in [5.74, 6) is -0.584. The van der Waals surface area contributed by atoms with Crippen molar-refractivity contribution in [2.45, 2.75) is 52.0 Å². The molecule has 0 unspecified atom stereocenters. The largest absolute Gasteiger partial charge is 0.458 e. The number of hydrogen-bond donors (Lipinski definition) is 2. The minimum absolute atomic E-state index is 0.118. The Morgan fingerprint density at radius 2 is 1.82 bits per heavy atom. The normalized spacial score (nSPS) is 13.9. The third-order valence-electron chi connectivity index (χ3n) is 2.67. The molecule has 0 saturated carbocycles. The lowest BCUT2D eigenvalue weighted by molar-refractivity contribution is -0.157. The second kappa shape index (κ2) is 7.79. The third-order valence-corrected chi connectivity index (χ3v) is 2.67. The lowest BCUT2D eigenvalue weighted by Crippen LogP contribution is -2.53. The van der Waals surface area contributed by atoms with Crippen LogP contribution in [-0.2, 0) is 20.9 Å². The van der Waals surface area contributed by atoms with Crippen molar-refractivity contribution in [1.82, 2.24) is 5.32 Å². The van der Waals surface area contributed by atoms with E-state index in [1.165, 1.54) is 0 Å². The fourth-order valence-electron chi connectivity index (χ4n) is 1.66. The second-order valence-corrected chi connectivity index (χ2v) is 6.08. The number of nitrogens with one attached hydrogen (secondary N) is 1. The van der Waals surface area contributed by atoms with Crippen molar-refractivity contribution in [3.05, 3.63) is 35.9 Å². The smallest absolute Gasteiger partial charge is 0.408 e. The summed E-state index contributed by atoms with van der Waals surface area (Å²) in [4.78, 5) is 23.8. The average molecular weight is 308 g/mol. The van der Waals surface area contributed by atoms with Crippen molar-refractivity contribution >= 4 is 12.1 Å². The maximum Gasteiger partial charge on any atom is 0.408 e. The van der Waals surface area contributed by atoms with Gasteiger partial charge in [0, 0.05) is 6.04 Å². The summed E-state index contributed by atoms with van der Waals surface area (Å²) in [7, 11) is 0. The molecule has 0 saturated heterocycles. The zero-order valence-electron chi connectivity index (χ0n) is 13.5. The Morgan fingerprint density at radius 1 is 1.23 bits per heavy atom. The average Bonchev–Trinajstić information content (AvgIpc) is 2.41. The SMILES string of the molecule is C[C@H](N)[C@H](NC(=O)OCc1ccccc1)C(=O)OC(C)(C)C. The minimum atomic E-state index is -0.956. The maximum atomic E-state index is 12.0. The van der Waals surface area contributed by atoms with E-state index in [0.29, 0.717) is 0 Å². The number of nitrogens with two attached hydrogens (primary N) is 1. The molecule has 3 N–H and O–H groups in total. The zero-order chi connectivity index (χ0) is 16.8. The van der Waals surface area contributed by atoms with Crippen LogP contribution in [-0.4, -0.2) is 29.7 Å². The van der Waals surface area contributed by atoms with Gasteiger partial charge in [0.25, 0.3) is 0 Å². The summed E-state index contributed by atoms with van der Waals surface area (Å²) < 4.78 is 10.3. The minimum Gasteiger partial charge on any atom is -0.458 e. The Morgan fingerprint density at radius 3 is 2.32 bits per heavy atom. The van der Waals surface area contributed by atoms with Crippen LogP contribution >= 0.6 is 0 Å². The molecule has 0 aliphatic carbocycles. The van der Waals surface area contributed by atoms with Gasteiger partial charge in [-0.05, 0) is 33.3 Å². The molecule has 6 nitrogen and oxygen atoms in total. The number of carbonyl (C=O) groups excluding carboxylic acids is 2. The van der Waals surface area contributed by atoms with E-state index in [0.717, 1.165) is 5.56 Å². The molecule has 1 amide bonds. The number of ether oxygens (including phenoxy) is 2. The first kappa shape index (κ1) is 18.0. The van der Waals surface area contributed by atoms with Crippen molar-refractivity contribution in [3.63, 3.8) is 0 Å². The van der Waals surface area contributed by atoms with E-state index in [4.69, 9.17) is 15.2 Å². The molecule has 0 aliphatic heterocycles. The Kier molecular flexibility index (Phi) is 6.37. The molecule has 22 heavy (non-hydrogen) atoms. The summed E-state index contributed by atoms with van der Waals surface area (Å²) in [5, 5.41) is 2.45. The van der Waals surface area contributed by atoms with Crippen molar-refractivity contribution in [3.8, 4) is 0 Å². The molecule has 0 spiro atoms. The molecule has 0 aromatic heterocycles. The predicted octanol–water partition coefficient (Wildman–Crippen LogP) is 1.97. The molecular weight excluding hydrogens is 284 g/mol. The van der Waals surface area contributed by atoms with Crippen LogP contribution in [0.3, 0.4) is 0 Å². The maximum absolute atomic E-state index is 12.0. The van der Waals surface area contributed by atoms with E-state index in [9.17, 15) is 9.59 Å². The van der Waals surface area contributed by atoms with Gasteiger partial charge in [0.15, 0.2) is 0 Å². The molecule has 2 atom stereocenters. The molecule has 6 heteroatoms. The van der Waals surface area contributed by atoms with Gasteiger partial charge in [0.05, 0.1) is 0 Å². The molecule has 1 aromatic carbocycles. The summed E-state index contributed by atoms with van der Waals surface area (Å²) in [6, 6.07) is 7.69. The van der Waals surface area contributed by atoms with Gasteiger partial charge in [-0.15, -0.1) is 0 Å². The fourth-order valence-corrected chi connectivity index (χ4v) is 1.66. The molecule has 122 valence electrons. The molecule has 0 fully saturated rings. The Hall–Kier alpha value is -2.08. The van der Waals surface area contributed by atoms with Gasteiger partial charge in [-0.2, -0.15) is 0 Å². The van der Waals surface area contributed by atoms with E-state index >= 15 is 0 Å². The molecule has 0 radical (unpaired) electrons. The molecule has 1 aromatic rings. The summed E-state index contributed by atoms with van der Waals surface area (Å²) >= 11 is 0. The predicted molar refractivity (Wildman–Crippen MR) is 83.0 cm³/mol. The quantitative estimate of drug-likeness (QED) is 0.812. The van der Waals surface area contributed by atoms with Gasteiger partial charge < -0.3 is 20.5 Å². The Bertz CT molecular complexity index is 495. The van der Waals surface area contributed by atoms with Crippen LogP contribution in [0.4, 0.5) is 4.79 Å². The number of esters is 1. The lowest BCUT2D eigenvalue weighted by atomic mass is 10.1. The molecule has 0 bridgehead atoms. The highest BCUT2D eigenvalue weighted by Crippen LogP contribution is 2.10. The Labute approximate surface area is 131 Å². The van der Waals surface area contributed by atoms with Gasteiger partial charge in [0.2, 0.25) is 0 Å². The van der Waals surface area contributed by atoms with Crippen LogP contribution in [0.25, 0.3) is 0 Å². The molecule has 0 heterocycles. The standard InChI is InChI=1S/C16H24N2O4/c1-11(17)13(14(19)22-16(2,3)4)18-15(20)21-10-12-8-6-5-7-9-12/h5-9,11,13H,10,17H2,1-4H3,(H,18,20)/t11-,13-/m0/s1. The summed E-state index contributed by atoms with van der Waals surface area (Å²) in [5.41, 5.74) is 5.94. The number of rotatable bonds is 5. The molecular formula is C16H24N2O4. The van der Waals surface area contributed by atoms with E-state index in [1.807, 2.05) is 30.3 Å². The van der Waals surface area contributed by atoms with E-state index in [1.54, 1.807) is 27.7 Å². The zero-order valence-corrected chi connectivity index (χ0v) is 13.5. The van der Waals surface area contributed by atoms with Crippen LogP contribution in [0.1, 0.15) is 33.3 Å². The van der Waals surface area contributed by atoms with Gasteiger partial charge in [-0.3, -0.25) is 0 Å². The van der Waals surface area contributed by atoms with Crippen LogP contribution in [0.5, 0.6) is 0 Å². The molecule has 0 aliphatic rings. The van der Waals surface area contributed by atoms with Crippen LogP contribution < -0.4 is 11.1 Å². The van der Waals surface area contributed by atoms with Crippen LogP contribution in [0.2, 0.25) is 0 Å². The number of carbonyl (C=O) groups is 2. The van der Waals surface area contributed by atoms with Crippen molar-refractivity contribution in [1.29, 1.82) is 0 Å². The summed E-state index contributed by atoms with van der Waals surface area (Å²) in [6.07, 6.45) is -0.711. The fraction of sp³-hybridized carbons (Fsp3) is 0.500. The van der Waals surface area contributed by atoms with Crippen molar-refractivity contribution < 1.29 is 19.1 Å². The summed E-state index contributed by atoms with van der Waals surface area (Å²) in [6.45, 7) is 6.98. The first-order valence-electron chi connectivity index (χ1n) is 7.14.